The third-order valence-corrected chi connectivity index (χ3v) is 8.20. The zero-order valence-corrected chi connectivity index (χ0v) is 21.5. The molecule has 0 bridgehead atoms. The lowest BCUT2D eigenvalue weighted by molar-refractivity contribution is 0.0950. The number of benzene rings is 2. The SMILES string of the molecule is CCS(=O)(=O)c1ccc(CNC(=O)c2ccc3c(c2)C(C)(C)CN(Cc2cnc(C)cn2)C3)cc1. The fraction of sp³-hybridized carbons (Fsp3) is 0.370. The molecular formula is C27H32N4O3S. The van der Waals surface area contributed by atoms with Crippen molar-refractivity contribution in [2.24, 2.45) is 0 Å². The minimum absolute atomic E-state index is 0.0650. The van der Waals surface area contributed by atoms with Gasteiger partial charge in [-0.25, -0.2) is 8.42 Å². The zero-order valence-electron chi connectivity index (χ0n) is 20.7. The summed E-state index contributed by atoms with van der Waals surface area (Å²) in [6.07, 6.45) is 3.63. The Labute approximate surface area is 207 Å². The summed E-state index contributed by atoms with van der Waals surface area (Å²) in [5.41, 5.74) is 5.61. The molecule has 1 aliphatic rings. The van der Waals surface area contributed by atoms with Crippen LogP contribution in [0.1, 0.15) is 59.2 Å². The number of nitrogens with zero attached hydrogens (tertiary/aromatic N) is 3. The number of hydrogen-bond donors (Lipinski definition) is 1. The molecule has 0 radical (unpaired) electrons. The summed E-state index contributed by atoms with van der Waals surface area (Å²) < 4.78 is 24.0. The minimum atomic E-state index is -3.23. The Kier molecular flexibility index (Phi) is 7.05. The number of fused-ring (bicyclic) bond motifs is 1. The molecule has 184 valence electrons. The van der Waals surface area contributed by atoms with Gasteiger partial charge in [-0.15, -0.1) is 0 Å². The van der Waals surface area contributed by atoms with Crippen LogP contribution in [-0.2, 0) is 34.9 Å². The van der Waals surface area contributed by atoms with Gasteiger partial charge in [-0.3, -0.25) is 19.7 Å². The van der Waals surface area contributed by atoms with Gasteiger partial charge in [0, 0.05) is 49.6 Å². The number of hydrogen-bond acceptors (Lipinski definition) is 6. The van der Waals surface area contributed by atoms with Crippen molar-refractivity contribution in [2.45, 2.75) is 57.6 Å². The fourth-order valence-corrected chi connectivity index (χ4v) is 5.42. The molecule has 0 atom stereocenters. The number of carbonyl (C=O) groups excluding carboxylic acids is 1. The molecule has 3 aromatic rings. The first-order chi connectivity index (χ1) is 16.6. The molecule has 8 heteroatoms. The van der Waals surface area contributed by atoms with E-state index in [4.69, 9.17) is 0 Å². The van der Waals surface area contributed by atoms with Crippen LogP contribution in [0.25, 0.3) is 0 Å². The summed E-state index contributed by atoms with van der Waals surface area (Å²) in [6, 6.07) is 12.6. The predicted octanol–water partition coefficient (Wildman–Crippen LogP) is 3.80. The highest BCUT2D eigenvalue weighted by atomic mass is 32.2. The smallest absolute Gasteiger partial charge is 0.251 e. The molecular weight excluding hydrogens is 460 g/mol. The first-order valence-corrected chi connectivity index (χ1v) is 13.5. The van der Waals surface area contributed by atoms with Crippen LogP contribution in [0.2, 0.25) is 0 Å². The number of sulfone groups is 1. The van der Waals surface area contributed by atoms with Crippen molar-refractivity contribution < 1.29 is 13.2 Å². The second kappa shape index (κ2) is 9.87. The maximum atomic E-state index is 12.9. The number of carbonyl (C=O) groups is 1. The molecule has 35 heavy (non-hydrogen) atoms. The van der Waals surface area contributed by atoms with E-state index >= 15 is 0 Å². The Morgan fingerprint density at radius 1 is 1.09 bits per heavy atom. The van der Waals surface area contributed by atoms with Gasteiger partial charge in [0.1, 0.15) is 0 Å². The Bertz CT molecular complexity index is 1320. The van der Waals surface area contributed by atoms with Crippen LogP contribution in [0.4, 0.5) is 0 Å². The van der Waals surface area contributed by atoms with Gasteiger partial charge in [0.25, 0.3) is 5.91 Å². The number of aromatic nitrogens is 2. The van der Waals surface area contributed by atoms with Crippen molar-refractivity contribution in [2.75, 3.05) is 12.3 Å². The van der Waals surface area contributed by atoms with E-state index in [1.165, 1.54) is 11.1 Å². The molecule has 0 saturated heterocycles. The Hall–Kier alpha value is -3.10. The highest BCUT2D eigenvalue weighted by molar-refractivity contribution is 7.91. The monoisotopic (exact) mass is 492 g/mol. The molecule has 0 saturated carbocycles. The molecule has 0 fully saturated rings. The summed E-state index contributed by atoms with van der Waals surface area (Å²) in [5, 5.41) is 2.95. The highest BCUT2D eigenvalue weighted by Gasteiger charge is 2.32. The molecule has 0 spiro atoms. The summed E-state index contributed by atoms with van der Waals surface area (Å²) in [6.45, 7) is 10.7. The molecule has 0 aliphatic carbocycles. The van der Waals surface area contributed by atoms with Crippen molar-refractivity contribution in [3.63, 3.8) is 0 Å². The van der Waals surface area contributed by atoms with E-state index in [2.05, 4.69) is 34.0 Å². The molecule has 2 aromatic carbocycles. The summed E-state index contributed by atoms with van der Waals surface area (Å²) in [4.78, 5) is 24.4. The van der Waals surface area contributed by atoms with Crippen LogP contribution in [0, 0.1) is 6.92 Å². The third kappa shape index (κ3) is 5.77. The van der Waals surface area contributed by atoms with Crippen LogP contribution >= 0.6 is 0 Å². The van der Waals surface area contributed by atoms with E-state index in [1.54, 1.807) is 37.4 Å². The molecule has 7 nitrogen and oxygen atoms in total. The number of rotatable bonds is 7. The van der Waals surface area contributed by atoms with Gasteiger partial charge in [0.05, 0.1) is 22.0 Å². The van der Waals surface area contributed by atoms with Gasteiger partial charge in [-0.2, -0.15) is 0 Å². The number of nitrogens with one attached hydrogen (secondary N) is 1. The van der Waals surface area contributed by atoms with E-state index in [1.807, 2.05) is 31.3 Å². The van der Waals surface area contributed by atoms with Crippen molar-refractivity contribution in [1.82, 2.24) is 20.2 Å². The molecule has 2 heterocycles. The summed E-state index contributed by atoms with van der Waals surface area (Å²) in [7, 11) is -3.23. The summed E-state index contributed by atoms with van der Waals surface area (Å²) >= 11 is 0. The third-order valence-electron chi connectivity index (χ3n) is 6.45. The van der Waals surface area contributed by atoms with Gasteiger partial charge in [-0.1, -0.05) is 39.0 Å². The quantitative estimate of drug-likeness (QED) is 0.539. The van der Waals surface area contributed by atoms with Crippen LogP contribution < -0.4 is 5.32 Å². The van der Waals surface area contributed by atoms with E-state index in [0.29, 0.717) is 17.0 Å². The van der Waals surface area contributed by atoms with Gasteiger partial charge in [-0.05, 0) is 47.9 Å². The van der Waals surface area contributed by atoms with Gasteiger partial charge in [0.15, 0.2) is 9.84 Å². The molecule has 0 unspecified atom stereocenters. The van der Waals surface area contributed by atoms with Gasteiger partial charge in [0.2, 0.25) is 0 Å². The first-order valence-electron chi connectivity index (χ1n) is 11.8. The average molecular weight is 493 g/mol. The minimum Gasteiger partial charge on any atom is -0.348 e. The molecule has 1 N–H and O–H groups in total. The average Bonchev–Trinajstić information content (AvgIpc) is 2.83. The van der Waals surface area contributed by atoms with Gasteiger partial charge >= 0.3 is 0 Å². The van der Waals surface area contributed by atoms with E-state index in [-0.39, 0.29) is 17.1 Å². The van der Waals surface area contributed by atoms with Crippen molar-refractivity contribution in [1.29, 1.82) is 0 Å². The Balaban J connectivity index is 1.43. The highest BCUT2D eigenvalue weighted by Crippen LogP contribution is 2.34. The van der Waals surface area contributed by atoms with Crippen LogP contribution in [-0.4, -0.2) is 41.5 Å². The van der Waals surface area contributed by atoms with E-state index in [9.17, 15) is 13.2 Å². The predicted molar refractivity (Wildman–Crippen MR) is 136 cm³/mol. The number of aryl methyl sites for hydroxylation is 1. The van der Waals surface area contributed by atoms with Gasteiger partial charge < -0.3 is 5.32 Å². The van der Waals surface area contributed by atoms with E-state index < -0.39 is 9.84 Å². The first kappa shape index (κ1) is 25.0. The standard InChI is InChI=1S/C27H32N4O3S/c1-5-35(33,34)24-10-6-20(7-11-24)14-30-26(32)21-8-9-22-16-31(18-27(3,4)25(22)12-21)17-23-15-28-19(2)13-29-23/h6-13,15H,5,14,16-18H2,1-4H3,(H,30,32). The number of amides is 1. The molecule has 1 aliphatic heterocycles. The lowest BCUT2D eigenvalue weighted by Gasteiger charge is -2.40. The normalized spacial score (nSPS) is 15.4. The maximum absolute atomic E-state index is 12.9. The van der Waals surface area contributed by atoms with Crippen molar-refractivity contribution >= 4 is 15.7 Å². The maximum Gasteiger partial charge on any atom is 0.251 e. The molecule has 4 rings (SSSR count). The van der Waals surface area contributed by atoms with E-state index in [0.717, 1.165) is 36.6 Å². The molecule has 1 amide bonds. The Morgan fingerprint density at radius 3 is 2.49 bits per heavy atom. The largest absolute Gasteiger partial charge is 0.348 e. The Morgan fingerprint density at radius 2 is 1.83 bits per heavy atom. The fourth-order valence-electron chi connectivity index (χ4n) is 4.53. The van der Waals surface area contributed by atoms with Crippen LogP contribution in [0.3, 0.4) is 0 Å². The lowest BCUT2D eigenvalue weighted by atomic mass is 9.77. The van der Waals surface area contributed by atoms with Crippen LogP contribution in [0.5, 0.6) is 0 Å². The molecule has 1 aromatic heterocycles. The lowest BCUT2D eigenvalue weighted by Crippen LogP contribution is -2.42. The zero-order chi connectivity index (χ0) is 25.2. The van der Waals surface area contributed by atoms with Crippen LogP contribution in [0.15, 0.2) is 59.8 Å². The topological polar surface area (TPSA) is 92.3 Å². The summed E-state index contributed by atoms with van der Waals surface area (Å²) in [5.74, 6) is -0.0820. The van der Waals surface area contributed by atoms with Crippen molar-refractivity contribution in [3.8, 4) is 0 Å². The second-order valence-corrected chi connectivity index (χ2v) is 12.1. The second-order valence-electron chi connectivity index (χ2n) is 9.78. The van der Waals surface area contributed by atoms with Crippen molar-refractivity contribution in [3.05, 3.63) is 88.5 Å².